The van der Waals surface area contributed by atoms with E-state index in [0.717, 1.165) is 33.2 Å². The van der Waals surface area contributed by atoms with E-state index in [1.165, 1.54) is 0 Å². The van der Waals surface area contributed by atoms with Gasteiger partial charge in [0.25, 0.3) is 5.89 Å². The molecule has 0 unspecified atom stereocenters. The van der Waals surface area contributed by atoms with Crippen LogP contribution in [0.3, 0.4) is 0 Å². The maximum absolute atomic E-state index is 6.15. The van der Waals surface area contributed by atoms with E-state index in [2.05, 4.69) is 22.8 Å². The number of nitrogen functional groups attached to an aromatic ring is 1. The smallest absolute Gasteiger partial charge is 0.293 e. The van der Waals surface area contributed by atoms with Crippen molar-refractivity contribution in [1.29, 1.82) is 0 Å². The zero-order valence-corrected chi connectivity index (χ0v) is 15.0. The van der Waals surface area contributed by atoms with Crippen LogP contribution in [0.25, 0.3) is 39.6 Å². The van der Waals surface area contributed by atoms with Gasteiger partial charge in [-0.1, -0.05) is 35.5 Å². The monoisotopic (exact) mass is 345 g/mol. The summed E-state index contributed by atoms with van der Waals surface area (Å²) in [6.07, 6.45) is 0. The van der Waals surface area contributed by atoms with E-state index < -0.39 is 0 Å². The SMILES string of the molecule is C=C(C)c1ccc(-c2noc(-c3cc4c(C)ccc(C)c4o3)n2)c(N)c1. The number of rotatable bonds is 3. The molecule has 2 N–H and O–H groups in total. The van der Waals surface area contributed by atoms with Crippen LogP contribution in [0.2, 0.25) is 0 Å². The molecule has 0 amide bonds. The summed E-state index contributed by atoms with van der Waals surface area (Å²) >= 11 is 0. The Kier molecular flexibility index (Phi) is 3.65. The lowest BCUT2D eigenvalue weighted by Crippen LogP contribution is -1.93. The molecule has 5 nitrogen and oxygen atoms in total. The number of aromatic nitrogens is 2. The average Bonchev–Trinajstić information content (AvgIpc) is 3.25. The third kappa shape index (κ3) is 2.58. The lowest BCUT2D eigenvalue weighted by molar-refractivity contribution is 0.420. The second-order valence-electron chi connectivity index (χ2n) is 6.56. The van der Waals surface area contributed by atoms with Gasteiger partial charge in [0, 0.05) is 16.6 Å². The Morgan fingerprint density at radius 1 is 1.08 bits per heavy atom. The second-order valence-corrected chi connectivity index (χ2v) is 6.56. The number of hydrogen-bond donors (Lipinski definition) is 1. The summed E-state index contributed by atoms with van der Waals surface area (Å²) in [5, 5.41) is 5.11. The number of furan rings is 1. The van der Waals surface area contributed by atoms with E-state index in [0.29, 0.717) is 28.7 Å². The molecule has 26 heavy (non-hydrogen) atoms. The average molecular weight is 345 g/mol. The summed E-state index contributed by atoms with van der Waals surface area (Å²) < 4.78 is 11.4. The Morgan fingerprint density at radius 2 is 1.85 bits per heavy atom. The van der Waals surface area contributed by atoms with Gasteiger partial charge in [-0.05, 0) is 55.7 Å². The summed E-state index contributed by atoms with van der Waals surface area (Å²) in [5.74, 6) is 1.31. The normalized spacial score (nSPS) is 11.2. The Labute approximate surface area is 151 Å². The molecule has 130 valence electrons. The lowest BCUT2D eigenvalue weighted by atomic mass is 10.0. The van der Waals surface area contributed by atoms with Crippen molar-refractivity contribution >= 4 is 22.2 Å². The molecular formula is C21H19N3O2. The molecular weight excluding hydrogens is 326 g/mol. The van der Waals surface area contributed by atoms with Gasteiger partial charge in [0.05, 0.1) is 0 Å². The lowest BCUT2D eigenvalue weighted by Gasteiger charge is -2.04. The van der Waals surface area contributed by atoms with Crippen LogP contribution in [-0.2, 0) is 0 Å². The quantitative estimate of drug-likeness (QED) is 0.504. The van der Waals surface area contributed by atoms with Gasteiger partial charge in [-0.2, -0.15) is 4.98 Å². The number of benzene rings is 2. The fourth-order valence-corrected chi connectivity index (χ4v) is 2.96. The number of aryl methyl sites for hydroxylation is 2. The number of nitrogens with two attached hydrogens (primary N) is 1. The van der Waals surface area contributed by atoms with Crippen LogP contribution >= 0.6 is 0 Å². The molecule has 2 aromatic carbocycles. The molecule has 0 radical (unpaired) electrons. The first kappa shape index (κ1) is 16.1. The molecule has 4 aromatic rings. The molecule has 0 aliphatic heterocycles. The number of nitrogens with zero attached hydrogens (tertiary/aromatic N) is 2. The molecule has 2 aromatic heterocycles. The van der Waals surface area contributed by atoms with Gasteiger partial charge in [0.1, 0.15) is 5.58 Å². The van der Waals surface area contributed by atoms with Gasteiger partial charge in [-0.15, -0.1) is 0 Å². The van der Waals surface area contributed by atoms with Gasteiger partial charge in [-0.25, -0.2) is 0 Å². The first-order valence-electron chi connectivity index (χ1n) is 8.33. The molecule has 0 saturated carbocycles. The molecule has 4 rings (SSSR count). The summed E-state index contributed by atoms with van der Waals surface area (Å²) in [5.41, 5.74) is 12.4. The third-order valence-electron chi connectivity index (χ3n) is 4.52. The molecule has 0 atom stereocenters. The molecule has 0 spiro atoms. The summed E-state index contributed by atoms with van der Waals surface area (Å²) in [6, 6.07) is 11.7. The third-order valence-corrected chi connectivity index (χ3v) is 4.52. The molecule has 2 heterocycles. The van der Waals surface area contributed by atoms with Crippen LogP contribution < -0.4 is 5.73 Å². The second kappa shape index (κ2) is 5.88. The van der Waals surface area contributed by atoms with E-state index in [4.69, 9.17) is 14.7 Å². The van der Waals surface area contributed by atoms with Crippen molar-refractivity contribution in [2.75, 3.05) is 5.73 Å². The minimum absolute atomic E-state index is 0.332. The van der Waals surface area contributed by atoms with E-state index in [1.54, 1.807) is 0 Å². The zero-order valence-electron chi connectivity index (χ0n) is 15.0. The molecule has 0 fully saturated rings. The largest absolute Gasteiger partial charge is 0.451 e. The predicted molar refractivity (Wildman–Crippen MR) is 104 cm³/mol. The van der Waals surface area contributed by atoms with E-state index in [1.807, 2.05) is 51.1 Å². The Balaban J connectivity index is 1.76. The van der Waals surface area contributed by atoms with Crippen LogP contribution in [-0.4, -0.2) is 10.1 Å². The summed E-state index contributed by atoms with van der Waals surface area (Å²) in [4.78, 5) is 4.47. The first-order valence-corrected chi connectivity index (χ1v) is 8.33. The first-order chi connectivity index (χ1) is 12.4. The minimum Gasteiger partial charge on any atom is -0.451 e. The van der Waals surface area contributed by atoms with Crippen molar-refractivity contribution in [3.05, 3.63) is 59.7 Å². The Bertz CT molecular complexity index is 1110. The number of fused-ring (bicyclic) bond motifs is 1. The van der Waals surface area contributed by atoms with Gasteiger partial charge in [0.2, 0.25) is 5.82 Å². The maximum atomic E-state index is 6.15. The highest BCUT2D eigenvalue weighted by Crippen LogP contribution is 2.33. The Hall–Kier alpha value is -3.34. The van der Waals surface area contributed by atoms with Gasteiger partial charge >= 0.3 is 0 Å². The Morgan fingerprint density at radius 3 is 2.54 bits per heavy atom. The molecule has 0 aliphatic carbocycles. The highest BCUT2D eigenvalue weighted by Gasteiger charge is 2.18. The van der Waals surface area contributed by atoms with Crippen LogP contribution in [0.4, 0.5) is 5.69 Å². The highest BCUT2D eigenvalue weighted by atomic mass is 16.5. The minimum atomic E-state index is 0.332. The van der Waals surface area contributed by atoms with Crippen LogP contribution in [0.1, 0.15) is 23.6 Å². The van der Waals surface area contributed by atoms with Crippen molar-refractivity contribution in [3.8, 4) is 23.0 Å². The fraction of sp³-hybridized carbons (Fsp3) is 0.143. The van der Waals surface area contributed by atoms with Crippen LogP contribution in [0.15, 0.2) is 51.9 Å². The molecule has 0 bridgehead atoms. The number of anilines is 1. The highest BCUT2D eigenvalue weighted by molar-refractivity contribution is 5.87. The van der Waals surface area contributed by atoms with Crippen molar-refractivity contribution in [3.63, 3.8) is 0 Å². The van der Waals surface area contributed by atoms with Crippen molar-refractivity contribution in [2.45, 2.75) is 20.8 Å². The fourth-order valence-electron chi connectivity index (χ4n) is 2.96. The van der Waals surface area contributed by atoms with E-state index >= 15 is 0 Å². The van der Waals surface area contributed by atoms with Crippen molar-refractivity contribution in [2.24, 2.45) is 0 Å². The van der Waals surface area contributed by atoms with Gasteiger partial charge in [-0.3, -0.25) is 0 Å². The summed E-state index contributed by atoms with van der Waals surface area (Å²) in [7, 11) is 0. The van der Waals surface area contributed by atoms with Crippen molar-refractivity contribution in [1.82, 2.24) is 10.1 Å². The van der Waals surface area contributed by atoms with Gasteiger partial charge in [0.15, 0.2) is 5.76 Å². The van der Waals surface area contributed by atoms with Gasteiger partial charge < -0.3 is 14.7 Å². The zero-order chi connectivity index (χ0) is 18.4. The van der Waals surface area contributed by atoms with E-state index in [-0.39, 0.29) is 0 Å². The number of allylic oxidation sites excluding steroid dienone is 1. The standard InChI is InChI=1S/C21H19N3O2/c1-11(2)14-7-8-15(17(22)9-14)20-23-21(26-24-20)18-10-16-12(3)5-6-13(4)19(16)25-18/h5-10H,1,22H2,2-4H3. The topological polar surface area (TPSA) is 78.1 Å². The predicted octanol–water partition coefficient (Wildman–Crippen LogP) is 5.38. The van der Waals surface area contributed by atoms with Crippen LogP contribution in [0, 0.1) is 13.8 Å². The number of hydrogen-bond acceptors (Lipinski definition) is 5. The molecule has 0 aliphatic rings. The maximum Gasteiger partial charge on any atom is 0.293 e. The van der Waals surface area contributed by atoms with E-state index in [9.17, 15) is 0 Å². The molecule has 5 heteroatoms. The van der Waals surface area contributed by atoms with Crippen LogP contribution in [0.5, 0.6) is 0 Å². The van der Waals surface area contributed by atoms with Crippen molar-refractivity contribution < 1.29 is 8.94 Å². The molecule has 0 saturated heterocycles. The summed E-state index contributed by atoms with van der Waals surface area (Å²) in [6.45, 7) is 9.92.